The molecule has 0 aliphatic carbocycles. The summed E-state index contributed by atoms with van der Waals surface area (Å²) in [5.41, 5.74) is 0. The van der Waals surface area contributed by atoms with Crippen LogP contribution in [-0.2, 0) is 32.7 Å². The average Bonchev–Trinajstić information content (AvgIpc) is 3.13. The molecule has 0 radical (unpaired) electrons. The lowest BCUT2D eigenvalue weighted by Crippen LogP contribution is -2.37. The SMILES string of the molecule is CC/C=C\C/C=C\CC(O)/C=C/C=C\C/C=C\CCCC(=O)OC[C@H](COP(=O)(O)OCC[N+](C)(C)C)OC(=O)CCCCCCC/C=C\CCCCCC. The largest absolute Gasteiger partial charge is 0.472 e. The lowest BCUT2D eigenvalue weighted by atomic mass is 10.1. The summed E-state index contributed by atoms with van der Waals surface area (Å²) in [6.07, 6.45) is 39.9. The number of ether oxygens (including phenoxy) is 2. The van der Waals surface area contributed by atoms with E-state index in [2.05, 4.69) is 44.2 Å². The summed E-state index contributed by atoms with van der Waals surface area (Å²) >= 11 is 0. The molecule has 0 aromatic heterocycles. The van der Waals surface area contributed by atoms with Crippen LogP contribution >= 0.6 is 7.82 Å². The Labute approximate surface area is 334 Å². The van der Waals surface area contributed by atoms with Crippen molar-refractivity contribution in [3.05, 3.63) is 72.9 Å². The molecular weight excluding hydrogens is 717 g/mol. The van der Waals surface area contributed by atoms with Gasteiger partial charge in [-0.1, -0.05) is 125 Å². The number of carbonyl (C=O) groups excluding carboxylic acids is 2. The van der Waals surface area contributed by atoms with Gasteiger partial charge < -0.3 is 24.0 Å². The number of aliphatic hydroxyl groups excluding tert-OH is 1. The number of hydrogen-bond donors (Lipinski definition) is 2. The number of carbonyl (C=O) groups is 2. The molecule has 0 aliphatic heterocycles. The standard InChI is InChI=1S/C44H76NO9P/c1-6-8-10-12-14-15-16-17-18-19-24-28-32-36-44(48)54-42(40-53-55(49,50)52-38-37-45(3,4)5)39-51-43(47)35-31-27-23-21-20-22-26-30-34-41(46)33-29-25-13-11-9-7-2/h9,11,15-16,21-23,25-26,29-30,34,41-42,46H,6-8,10,12-14,17-20,24,27-28,31-33,35-40H2,1-5H3/p+1/b11-9-,16-15-,23-21-,26-22-,29-25-,34-30+/t41?,42-/m1/s1. The molecular formula is C44H77NO9P+. The van der Waals surface area contributed by atoms with Gasteiger partial charge in [-0.2, -0.15) is 0 Å². The van der Waals surface area contributed by atoms with Gasteiger partial charge in [0.25, 0.3) is 0 Å². The molecule has 0 aromatic carbocycles. The summed E-state index contributed by atoms with van der Waals surface area (Å²) in [5.74, 6) is -0.925. The first-order chi connectivity index (χ1) is 26.4. The number of esters is 2. The molecule has 3 atom stereocenters. The number of aliphatic hydroxyl groups is 1. The number of rotatable bonds is 36. The van der Waals surface area contributed by atoms with E-state index in [0.29, 0.717) is 36.7 Å². The van der Waals surface area contributed by atoms with Crippen LogP contribution in [-0.4, -0.2) is 86.1 Å². The Bertz CT molecular complexity index is 1190. The minimum absolute atomic E-state index is 0.00772. The molecule has 0 amide bonds. The van der Waals surface area contributed by atoms with Crippen molar-refractivity contribution in [1.82, 2.24) is 0 Å². The van der Waals surface area contributed by atoms with Gasteiger partial charge in [-0.25, -0.2) is 4.57 Å². The number of phosphoric acid groups is 1. The quantitative estimate of drug-likeness (QED) is 0.0159. The summed E-state index contributed by atoms with van der Waals surface area (Å²) in [6.45, 7) is 4.09. The van der Waals surface area contributed by atoms with Crippen LogP contribution in [0.25, 0.3) is 0 Å². The number of unbranched alkanes of at least 4 members (excludes halogenated alkanes) is 10. The summed E-state index contributed by atoms with van der Waals surface area (Å²) < 4.78 is 34.1. The van der Waals surface area contributed by atoms with E-state index in [0.717, 1.165) is 57.8 Å². The molecule has 0 saturated heterocycles. The summed E-state index contributed by atoms with van der Waals surface area (Å²) in [5, 5.41) is 10.0. The van der Waals surface area contributed by atoms with Crippen molar-refractivity contribution in [2.45, 2.75) is 148 Å². The van der Waals surface area contributed by atoms with Crippen molar-refractivity contribution >= 4 is 19.8 Å². The second kappa shape index (κ2) is 35.8. The molecule has 55 heavy (non-hydrogen) atoms. The minimum atomic E-state index is -4.40. The fourth-order valence-electron chi connectivity index (χ4n) is 5.01. The van der Waals surface area contributed by atoms with Gasteiger partial charge in [-0.15, -0.1) is 0 Å². The Morgan fingerprint density at radius 3 is 1.98 bits per heavy atom. The van der Waals surface area contributed by atoms with Crippen molar-refractivity contribution in [1.29, 1.82) is 0 Å². The lowest BCUT2D eigenvalue weighted by Gasteiger charge is -2.24. The maximum atomic E-state index is 12.6. The second-order valence-electron chi connectivity index (χ2n) is 14.8. The van der Waals surface area contributed by atoms with Gasteiger partial charge >= 0.3 is 19.8 Å². The van der Waals surface area contributed by atoms with Gasteiger partial charge in [0.15, 0.2) is 6.10 Å². The van der Waals surface area contributed by atoms with Crippen LogP contribution in [0.1, 0.15) is 136 Å². The Hall–Kier alpha value is -2.59. The van der Waals surface area contributed by atoms with Crippen LogP contribution in [0.3, 0.4) is 0 Å². The smallest absolute Gasteiger partial charge is 0.462 e. The van der Waals surface area contributed by atoms with Gasteiger partial charge in [0.1, 0.15) is 19.8 Å². The molecule has 0 fully saturated rings. The van der Waals surface area contributed by atoms with Crippen LogP contribution in [0.15, 0.2) is 72.9 Å². The zero-order chi connectivity index (χ0) is 40.9. The van der Waals surface area contributed by atoms with Crippen LogP contribution < -0.4 is 0 Å². The highest BCUT2D eigenvalue weighted by molar-refractivity contribution is 7.47. The summed E-state index contributed by atoms with van der Waals surface area (Å²) in [7, 11) is 1.39. The van der Waals surface area contributed by atoms with Crippen molar-refractivity contribution < 1.29 is 47.2 Å². The zero-order valence-corrected chi connectivity index (χ0v) is 35.9. The minimum Gasteiger partial charge on any atom is -0.462 e. The number of quaternary nitrogens is 1. The van der Waals surface area contributed by atoms with Gasteiger partial charge in [-0.3, -0.25) is 18.6 Å². The van der Waals surface area contributed by atoms with E-state index >= 15 is 0 Å². The molecule has 0 saturated carbocycles. The maximum absolute atomic E-state index is 12.6. The highest BCUT2D eigenvalue weighted by atomic mass is 31.2. The fourth-order valence-corrected chi connectivity index (χ4v) is 5.75. The maximum Gasteiger partial charge on any atom is 0.472 e. The molecule has 0 heterocycles. The fraction of sp³-hybridized carbons (Fsp3) is 0.682. The Kier molecular flexibility index (Phi) is 34.1. The molecule has 10 nitrogen and oxygen atoms in total. The number of likely N-dealkylation sites (N-methyl/N-ethyl adjacent to an activating group) is 1. The lowest BCUT2D eigenvalue weighted by molar-refractivity contribution is -0.870. The number of allylic oxidation sites excluding steroid dienone is 10. The molecule has 316 valence electrons. The van der Waals surface area contributed by atoms with Crippen molar-refractivity contribution in [2.75, 3.05) is 47.5 Å². The van der Waals surface area contributed by atoms with Crippen LogP contribution in [0.2, 0.25) is 0 Å². The number of nitrogens with zero attached hydrogens (tertiary/aromatic N) is 1. The Morgan fingerprint density at radius 1 is 0.673 bits per heavy atom. The third kappa shape index (κ3) is 39.4. The van der Waals surface area contributed by atoms with E-state index in [1.54, 1.807) is 6.08 Å². The molecule has 0 aliphatic rings. The predicted octanol–water partition coefficient (Wildman–Crippen LogP) is 10.4. The first-order valence-corrected chi connectivity index (χ1v) is 22.3. The van der Waals surface area contributed by atoms with Crippen LogP contribution in [0.4, 0.5) is 0 Å². The normalized spacial score (nSPS) is 15.0. The monoisotopic (exact) mass is 795 g/mol. The molecule has 2 unspecified atom stereocenters. The highest BCUT2D eigenvalue weighted by Gasteiger charge is 2.27. The van der Waals surface area contributed by atoms with Crippen molar-refractivity contribution in [3.63, 3.8) is 0 Å². The van der Waals surface area contributed by atoms with Gasteiger partial charge in [0.2, 0.25) is 0 Å². The van der Waals surface area contributed by atoms with Gasteiger partial charge in [-0.05, 0) is 70.6 Å². The molecule has 2 N–H and O–H groups in total. The van der Waals surface area contributed by atoms with E-state index in [1.165, 1.54) is 25.7 Å². The Balaban J connectivity index is 4.58. The van der Waals surface area contributed by atoms with E-state index in [4.69, 9.17) is 18.5 Å². The molecule has 0 rings (SSSR count). The van der Waals surface area contributed by atoms with Gasteiger partial charge in [0.05, 0.1) is 33.9 Å². The number of phosphoric ester groups is 1. The predicted molar refractivity (Wildman–Crippen MR) is 225 cm³/mol. The molecule has 0 aromatic rings. The van der Waals surface area contributed by atoms with E-state index < -0.39 is 38.6 Å². The highest BCUT2D eigenvalue weighted by Crippen LogP contribution is 2.43. The van der Waals surface area contributed by atoms with E-state index in [-0.39, 0.29) is 26.1 Å². The van der Waals surface area contributed by atoms with Crippen LogP contribution in [0.5, 0.6) is 0 Å². The topological polar surface area (TPSA) is 129 Å². The van der Waals surface area contributed by atoms with Crippen molar-refractivity contribution in [3.8, 4) is 0 Å². The third-order valence-electron chi connectivity index (χ3n) is 8.30. The zero-order valence-electron chi connectivity index (χ0n) is 35.0. The van der Waals surface area contributed by atoms with Crippen LogP contribution in [0, 0.1) is 0 Å². The summed E-state index contributed by atoms with van der Waals surface area (Å²) in [6, 6.07) is 0. The van der Waals surface area contributed by atoms with E-state index in [1.807, 2.05) is 57.6 Å². The average molecular weight is 795 g/mol. The molecule has 0 spiro atoms. The van der Waals surface area contributed by atoms with E-state index in [9.17, 15) is 24.2 Å². The number of hydrogen-bond acceptors (Lipinski definition) is 8. The first kappa shape index (κ1) is 52.4. The third-order valence-corrected chi connectivity index (χ3v) is 9.29. The Morgan fingerprint density at radius 2 is 1.27 bits per heavy atom. The van der Waals surface area contributed by atoms with Crippen molar-refractivity contribution in [2.24, 2.45) is 0 Å². The molecule has 0 bridgehead atoms. The summed E-state index contributed by atoms with van der Waals surface area (Å²) in [4.78, 5) is 35.3. The first-order valence-electron chi connectivity index (χ1n) is 20.8. The second-order valence-corrected chi connectivity index (χ2v) is 16.3. The molecule has 11 heteroatoms. The van der Waals surface area contributed by atoms with Gasteiger partial charge in [0, 0.05) is 12.8 Å².